The smallest absolute Gasteiger partial charge is 0.213 e. The first-order valence-electron chi connectivity index (χ1n) is 14.2. The van der Waals surface area contributed by atoms with Gasteiger partial charge in [-0.2, -0.15) is 0 Å². The van der Waals surface area contributed by atoms with Gasteiger partial charge in [-0.25, -0.2) is 4.98 Å². The second-order valence-corrected chi connectivity index (χ2v) is 10.5. The van der Waals surface area contributed by atoms with Gasteiger partial charge in [-0.1, -0.05) is 135 Å². The number of hydrogen-bond acceptors (Lipinski definition) is 2. The van der Waals surface area contributed by atoms with Crippen molar-refractivity contribution in [1.82, 2.24) is 4.98 Å². The first-order valence-corrected chi connectivity index (χ1v) is 14.2. The molecule has 0 aromatic carbocycles. The summed E-state index contributed by atoms with van der Waals surface area (Å²) in [6.07, 6.45) is 31.5. The Hall–Kier alpha value is -1.05. The maximum atomic E-state index is 6.03. The van der Waals surface area contributed by atoms with Gasteiger partial charge in [-0.15, -0.1) is 0 Å². The number of hydrogen-bond donors (Lipinski definition) is 0. The summed E-state index contributed by atoms with van der Waals surface area (Å²) >= 11 is 0. The highest BCUT2D eigenvalue weighted by Crippen LogP contribution is 2.22. The first-order chi connectivity index (χ1) is 15.6. The lowest BCUT2D eigenvalue weighted by molar-refractivity contribution is 0.0903. The monoisotopic (exact) mass is 445 g/mol. The molecule has 0 saturated heterocycles. The Morgan fingerprint density at radius 1 is 0.594 bits per heavy atom. The van der Waals surface area contributed by atoms with Crippen LogP contribution in [-0.2, 0) is 0 Å². The minimum Gasteiger partial charge on any atom is -0.472 e. The van der Waals surface area contributed by atoms with Crippen LogP contribution in [0.25, 0.3) is 0 Å². The van der Waals surface area contributed by atoms with Crippen LogP contribution >= 0.6 is 0 Å². The molecule has 32 heavy (non-hydrogen) atoms. The van der Waals surface area contributed by atoms with Crippen molar-refractivity contribution < 1.29 is 4.74 Å². The molecule has 0 N–H and O–H groups in total. The van der Waals surface area contributed by atoms with E-state index in [-0.39, 0.29) is 5.60 Å². The highest BCUT2D eigenvalue weighted by molar-refractivity contribution is 5.10. The van der Waals surface area contributed by atoms with Crippen molar-refractivity contribution >= 4 is 0 Å². The Bertz CT molecular complexity index is 499. The summed E-state index contributed by atoms with van der Waals surface area (Å²) in [4.78, 5) is 4.28. The van der Waals surface area contributed by atoms with Crippen LogP contribution in [0.4, 0.5) is 0 Å². The molecule has 0 radical (unpaired) electrons. The molecule has 0 atom stereocenters. The largest absolute Gasteiger partial charge is 0.472 e. The molecule has 1 aromatic rings. The van der Waals surface area contributed by atoms with Crippen LogP contribution in [0.1, 0.15) is 156 Å². The van der Waals surface area contributed by atoms with Crippen LogP contribution in [0, 0.1) is 0 Å². The van der Waals surface area contributed by atoms with Crippen molar-refractivity contribution in [3.8, 4) is 5.88 Å². The molecule has 0 saturated carbocycles. The van der Waals surface area contributed by atoms with Crippen LogP contribution in [0.15, 0.2) is 24.4 Å². The summed E-state index contributed by atoms with van der Waals surface area (Å²) in [6, 6.07) is 5.86. The number of pyridine rings is 1. The van der Waals surface area contributed by atoms with Crippen molar-refractivity contribution in [1.29, 1.82) is 0 Å². The van der Waals surface area contributed by atoms with E-state index < -0.39 is 0 Å². The van der Waals surface area contributed by atoms with Gasteiger partial charge in [0.15, 0.2) is 0 Å². The molecule has 0 aliphatic rings. The summed E-state index contributed by atoms with van der Waals surface area (Å²) < 4.78 is 6.03. The zero-order valence-corrected chi connectivity index (χ0v) is 22.0. The molecule has 2 nitrogen and oxygen atoms in total. The number of ether oxygens (including phenoxy) is 1. The first kappa shape index (κ1) is 29.0. The fraction of sp³-hybridized carbons (Fsp3) is 0.833. The van der Waals surface area contributed by atoms with Gasteiger partial charge < -0.3 is 4.74 Å². The van der Waals surface area contributed by atoms with Crippen LogP contribution in [0.2, 0.25) is 0 Å². The minimum absolute atomic E-state index is 0.122. The van der Waals surface area contributed by atoms with Crippen LogP contribution < -0.4 is 4.74 Å². The van der Waals surface area contributed by atoms with Gasteiger partial charge in [0.05, 0.1) is 0 Å². The molecule has 1 rings (SSSR count). The van der Waals surface area contributed by atoms with Crippen molar-refractivity contribution in [2.75, 3.05) is 0 Å². The zero-order valence-electron chi connectivity index (χ0n) is 22.0. The lowest BCUT2D eigenvalue weighted by Crippen LogP contribution is -2.28. The van der Waals surface area contributed by atoms with Crippen LogP contribution in [-0.4, -0.2) is 10.6 Å². The van der Waals surface area contributed by atoms with Crippen LogP contribution in [0.5, 0.6) is 5.88 Å². The molecule has 0 spiro atoms. The molecule has 0 bridgehead atoms. The quantitative estimate of drug-likeness (QED) is 0.156. The molecule has 1 aromatic heterocycles. The Kier molecular flexibility index (Phi) is 18.6. The lowest BCUT2D eigenvalue weighted by Gasteiger charge is -2.25. The number of aromatic nitrogens is 1. The second-order valence-electron chi connectivity index (χ2n) is 10.5. The Morgan fingerprint density at radius 3 is 1.38 bits per heavy atom. The van der Waals surface area contributed by atoms with E-state index in [1.54, 1.807) is 6.20 Å². The molecule has 186 valence electrons. The summed E-state index contributed by atoms with van der Waals surface area (Å²) in [6.45, 7) is 6.65. The number of rotatable bonds is 23. The minimum atomic E-state index is -0.122. The van der Waals surface area contributed by atoms with E-state index in [2.05, 4.69) is 25.8 Å². The third-order valence-corrected chi connectivity index (χ3v) is 6.65. The fourth-order valence-corrected chi connectivity index (χ4v) is 4.55. The Morgan fingerprint density at radius 2 is 1.00 bits per heavy atom. The van der Waals surface area contributed by atoms with E-state index >= 15 is 0 Å². The van der Waals surface area contributed by atoms with E-state index in [1.807, 2.05) is 18.2 Å². The molecule has 1 heterocycles. The molecular formula is C30H55NO. The van der Waals surface area contributed by atoms with E-state index in [4.69, 9.17) is 4.74 Å². The molecule has 0 aliphatic heterocycles. The fourth-order valence-electron chi connectivity index (χ4n) is 4.55. The molecule has 0 amide bonds. The Labute approximate surface area is 201 Å². The molecule has 0 unspecified atom stereocenters. The SMILES string of the molecule is CCCCCCCCCCCCCCCCCCCCCCC(C)(C)Oc1ccccn1. The van der Waals surface area contributed by atoms with E-state index in [1.165, 1.54) is 128 Å². The Balaban J connectivity index is 1.76. The molecule has 0 fully saturated rings. The predicted molar refractivity (Wildman–Crippen MR) is 142 cm³/mol. The number of unbranched alkanes of at least 4 members (excludes halogenated alkanes) is 19. The highest BCUT2D eigenvalue weighted by Gasteiger charge is 2.19. The van der Waals surface area contributed by atoms with Gasteiger partial charge in [-0.05, 0) is 32.8 Å². The van der Waals surface area contributed by atoms with Gasteiger partial charge in [0.1, 0.15) is 5.60 Å². The normalized spacial score (nSPS) is 11.7. The van der Waals surface area contributed by atoms with Gasteiger partial charge >= 0.3 is 0 Å². The van der Waals surface area contributed by atoms with Crippen molar-refractivity contribution in [2.24, 2.45) is 0 Å². The summed E-state index contributed by atoms with van der Waals surface area (Å²) in [7, 11) is 0. The topological polar surface area (TPSA) is 22.1 Å². The van der Waals surface area contributed by atoms with E-state index in [9.17, 15) is 0 Å². The highest BCUT2D eigenvalue weighted by atomic mass is 16.5. The van der Waals surface area contributed by atoms with Crippen molar-refractivity contribution in [2.45, 2.75) is 161 Å². The van der Waals surface area contributed by atoms with Crippen molar-refractivity contribution in [3.05, 3.63) is 24.4 Å². The maximum Gasteiger partial charge on any atom is 0.213 e. The van der Waals surface area contributed by atoms with Crippen LogP contribution in [0.3, 0.4) is 0 Å². The average molecular weight is 446 g/mol. The summed E-state index contributed by atoms with van der Waals surface area (Å²) in [5.41, 5.74) is -0.122. The second kappa shape index (κ2) is 20.5. The standard InChI is InChI=1S/C30H55NO/c1-4-5-6-7-8-9-10-11-12-13-14-15-16-17-18-19-20-21-22-24-27-30(2,3)32-29-26-23-25-28-31-29/h23,25-26,28H,4-22,24,27H2,1-3H3. The van der Waals surface area contributed by atoms with E-state index in [0.717, 1.165) is 12.3 Å². The molecular weight excluding hydrogens is 390 g/mol. The zero-order chi connectivity index (χ0) is 23.2. The maximum absolute atomic E-state index is 6.03. The van der Waals surface area contributed by atoms with Crippen molar-refractivity contribution in [3.63, 3.8) is 0 Å². The number of nitrogens with zero attached hydrogens (tertiary/aromatic N) is 1. The van der Waals surface area contributed by atoms with E-state index in [0.29, 0.717) is 0 Å². The van der Waals surface area contributed by atoms with Gasteiger partial charge in [0.25, 0.3) is 0 Å². The third kappa shape index (κ3) is 18.5. The van der Waals surface area contributed by atoms with Gasteiger partial charge in [0.2, 0.25) is 5.88 Å². The predicted octanol–water partition coefficient (Wildman–Crippen LogP) is 10.5. The third-order valence-electron chi connectivity index (χ3n) is 6.65. The summed E-state index contributed by atoms with van der Waals surface area (Å²) in [5.74, 6) is 0.741. The summed E-state index contributed by atoms with van der Waals surface area (Å²) in [5, 5.41) is 0. The lowest BCUT2D eigenvalue weighted by atomic mass is 9.99. The van der Waals surface area contributed by atoms with Gasteiger partial charge in [0, 0.05) is 12.3 Å². The molecule has 2 heteroatoms. The average Bonchev–Trinajstić information content (AvgIpc) is 2.78. The molecule has 0 aliphatic carbocycles. The van der Waals surface area contributed by atoms with Gasteiger partial charge in [-0.3, -0.25) is 0 Å².